The number of aliphatic imine (C=N–C) groups is 1. The molecule has 24 heavy (non-hydrogen) atoms. The summed E-state index contributed by atoms with van der Waals surface area (Å²) in [5.74, 6) is 0.149. The van der Waals surface area contributed by atoms with Crippen LogP contribution in [0.1, 0.15) is 12.1 Å². The number of aromatic nitrogens is 1. The second-order valence-corrected chi connectivity index (χ2v) is 5.83. The van der Waals surface area contributed by atoms with E-state index in [9.17, 15) is 9.18 Å². The third kappa shape index (κ3) is 2.77. The maximum absolute atomic E-state index is 13.9. The fourth-order valence-corrected chi connectivity index (χ4v) is 3.14. The molecule has 1 fully saturated rings. The van der Waals surface area contributed by atoms with E-state index in [0.29, 0.717) is 23.7 Å². The van der Waals surface area contributed by atoms with Gasteiger partial charge in [0.15, 0.2) is 5.82 Å². The Morgan fingerprint density at radius 2 is 2.38 bits per heavy atom. The number of hydrogen-bond acceptors (Lipinski definition) is 4. The summed E-state index contributed by atoms with van der Waals surface area (Å²) in [5, 5.41) is 2.82. The fraction of sp³-hybridized carbons (Fsp3) is 0.353. The van der Waals surface area contributed by atoms with E-state index in [0.717, 1.165) is 13.0 Å². The predicted molar refractivity (Wildman–Crippen MR) is 93.3 cm³/mol. The molecule has 1 aromatic rings. The third-order valence-electron chi connectivity index (χ3n) is 4.24. The van der Waals surface area contributed by atoms with Gasteiger partial charge in [-0.1, -0.05) is 12.7 Å². The van der Waals surface area contributed by atoms with Crippen LogP contribution in [0.15, 0.2) is 35.5 Å². The van der Waals surface area contributed by atoms with Gasteiger partial charge >= 0.3 is 6.03 Å². The first-order valence-electron chi connectivity index (χ1n) is 7.82. The van der Waals surface area contributed by atoms with Crippen molar-refractivity contribution in [3.8, 4) is 0 Å². The highest BCUT2D eigenvalue weighted by molar-refractivity contribution is 6.00. The van der Waals surface area contributed by atoms with Gasteiger partial charge in [0.2, 0.25) is 0 Å². The van der Waals surface area contributed by atoms with Crippen molar-refractivity contribution in [3.05, 3.63) is 42.0 Å². The number of urea groups is 1. The second-order valence-electron chi connectivity index (χ2n) is 5.83. The number of nitrogens with one attached hydrogen (secondary N) is 1. The van der Waals surface area contributed by atoms with Gasteiger partial charge in [-0.3, -0.25) is 9.89 Å². The maximum atomic E-state index is 13.9. The lowest BCUT2D eigenvalue weighted by Gasteiger charge is -2.35. The second kappa shape index (κ2) is 6.43. The molecule has 7 heteroatoms. The molecule has 0 aromatic carbocycles. The van der Waals surface area contributed by atoms with E-state index < -0.39 is 0 Å². The molecule has 1 atom stereocenters. The van der Waals surface area contributed by atoms with Crippen LogP contribution in [0.3, 0.4) is 0 Å². The summed E-state index contributed by atoms with van der Waals surface area (Å²) in [5.41, 5.74) is 1.49. The molecule has 0 radical (unpaired) electrons. The molecular weight excluding hydrogens is 309 g/mol. The molecule has 1 saturated heterocycles. The summed E-state index contributed by atoms with van der Waals surface area (Å²) in [4.78, 5) is 24.8. The Hall–Kier alpha value is -2.70. The number of hydrogen-bond donors (Lipinski definition) is 1. The van der Waals surface area contributed by atoms with Gasteiger partial charge in [-0.2, -0.15) is 0 Å². The third-order valence-corrected chi connectivity index (χ3v) is 4.24. The van der Waals surface area contributed by atoms with E-state index in [1.807, 2.05) is 0 Å². The number of carbonyl (C=O) groups is 1. The number of fused-ring (bicyclic) bond motifs is 4. The Labute approximate surface area is 140 Å². The number of halogens is 1. The molecular formula is C17H20FN5O. The lowest BCUT2D eigenvalue weighted by Crippen LogP contribution is -2.50. The summed E-state index contributed by atoms with van der Waals surface area (Å²) in [6.45, 7) is 6.71. The van der Waals surface area contributed by atoms with Gasteiger partial charge in [0.05, 0.1) is 23.1 Å². The number of aryl methyl sites for hydroxylation is 1. The zero-order valence-corrected chi connectivity index (χ0v) is 13.8. The Morgan fingerprint density at radius 1 is 1.58 bits per heavy atom. The Kier molecular flexibility index (Phi) is 4.33. The van der Waals surface area contributed by atoms with Crippen LogP contribution in [-0.2, 0) is 0 Å². The van der Waals surface area contributed by atoms with Crippen LogP contribution in [0, 0.1) is 12.7 Å². The van der Waals surface area contributed by atoms with Gasteiger partial charge in [0.1, 0.15) is 5.82 Å². The maximum Gasteiger partial charge on any atom is 0.327 e. The van der Waals surface area contributed by atoms with Crippen molar-refractivity contribution in [3.63, 3.8) is 0 Å². The summed E-state index contributed by atoms with van der Waals surface area (Å²) in [7, 11) is 1.63. The summed E-state index contributed by atoms with van der Waals surface area (Å²) < 4.78 is 13.9. The smallest absolute Gasteiger partial charge is 0.327 e. The SMILES string of the molecule is C=C/C=C(\C=NC)NC(=O)N1c2nc(C)c(F)cc2N2CCC1C2. The molecule has 3 heterocycles. The molecule has 0 saturated carbocycles. The number of anilines is 2. The normalized spacial score (nSPS) is 19.6. The average molecular weight is 329 g/mol. The van der Waals surface area contributed by atoms with Crippen LogP contribution >= 0.6 is 0 Å². The number of amides is 2. The van der Waals surface area contributed by atoms with Crippen molar-refractivity contribution in [2.75, 3.05) is 29.9 Å². The summed E-state index contributed by atoms with van der Waals surface area (Å²) in [6, 6.07) is 1.20. The van der Waals surface area contributed by atoms with Crippen LogP contribution in [0.4, 0.5) is 20.7 Å². The minimum absolute atomic E-state index is 0.0263. The minimum Gasteiger partial charge on any atom is -0.366 e. The Morgan fingerprint density at radius 3 is 3.08 bits per heavy atom. The molecule has 0 aliphatic carbocycles. The largest absolute Gasteiger partial charge is 0.366 e. The van der Waals surface area contributed by atoms with Crippen molar-refractivity contribution < 1.29 is 9.18 Å². The predicted octanol–water partition coefficient (Wildman–Crippen LogP) is 2.41. The van der Waals surface area contributed by atoms with Gasteiger partial charge in [-0.15, -0.1) is 0 Å². The van der Waals surface area contributed by atoms with E-state index >= 15 is 0 Å². The van der Waals surface area contributed by atoms with Crippen molar-refractivity contribution in [2.45, 2.75) is 19.4 Å². The molecule has 2 amide bonds. The van der Waals surface area contributed by atoms with E-state index in [1.54, 1.807) is 37.2 Å². The molecule has 1 N–H and O–H groups in total. The van der Waals surface area contributed by atoms with Gasteiger partial charge in [-0.25, -0.2) is 14.2 Å². The standard InChI is InChI=1S/C17H20FN5O/c1-4-5-12(9-19-3)21-17(24)23-13-6-7-22(10-13)15-8-14(18)11(2)20-16(15)23/h4-5,8-9,13H,1,6-7,10H2,2-3H3,(H,21,24)/b12-5+,19-9?. The molecule has 1 aromatic heterocycles. The zero-order chi connectivity index (χ0) is 17.3. The summed E-state index contributed by atoms with van der Waals surface area (Å²) >= 11 is 0. The van der Waals surface area contributed by atoms with Crippen LogP contribution in [0.2, 0.25) is 0 Å². The molecule has 2 aliphatic heterocycles. The van der Waals surface area contributed by atoms with Crippen LogP contribution in [0.5, 0.6) is 0 Å². The summed E-state index contributed by atoms with van der Waals surface area (Å²) in [6.07, 6.45) is 5.62. The van der Waals surface area contributed by atoms with Gasteiger partial charge < -0.3 is 10.2 Å². The molecule has 126 valence electrons. The number of allylic oxidation sites excluding steroid dienone is 3. The van der Waals surface area contributed by atoms with E-state index in [1.165, 1.54) is 6.07 Å². The first-order valence-corrected chi connectivity index (χ1v) is 7.82. The highest BCUT2D eigenvalue weighted by Gasteiger charge is 2.40. The molecule has 6 nitrogen and oxygen atoms in total. The minimum atomic E-state index is -0.357. The van der Waals surface area contributed by atoms with Crippen LogP contribution in [0.25, 0.3) is 0 Å². The number of pyridine rings is 1. The Bertz CT molecular complexity index is 743. The Balaban J connectivity index is 1.96. The first kappa shape index (κ1) is 16.2. The van der Waals surface area contributed by atoms with Crippen molar-refractivity contribution in [1.82, 2.24) is 10.3 Å². The van der Waals surface area contributed by atoms with Crippen molar-refractivity contribution >= 4 is 23.8 Å². The molecule has 2 bridgehead atoms. The van der Waals surface area contributed by atoms with Gasteiger partial charge in [0.25, 0.3) is 0 Å². The van der Waals surface area contributed by atoms with E-state index in [2.05, 4.69) is 26.8 Å². The number of nitrogens with zero attached hydrogens (tertiary/aromatic N) is 4. The van der Waals surface area contributed by atoms with Crippen LogP contribution in [-0.4, -0.2) is 43.4 Å². The first-order chi connectivity index (χ1) is 11.5. The molecule has 3 rings (SSSR count). The average Bonchev–Trinajstić information content (AvgIpc) is 2.95. The van der Waals surface area contributed by atoms with E-state index in [4.69, 9.17) is 0 Å². The fourth-order valence-electron chi connectivity index (χ4n) is 3.14. The number of carbonyl (C=O) groups excluding carboxylic acids is 1. The number of rotatable bonds is 3. The lowest BCUT2D eigenvalue weighted by atomic mass is 10.1. The topological polar surface area (TPSA) is 60.8 Å². The van der Waals surface area contributed by atoms with Gasteiger partial charge in [-0.05, 0) is 19.4 Å². The van der Waals surface area contributed by atoms with E-state index in [-0.39, 0.29) is 23.6 Å². The van der Waals surface area contributed by atoms with Crippen molar-refractivity contribution in [1.29, 1.82) is 0 Å². The molecule has 0 spiro atoms. The van der Waals surface area contributed by atoms with Gasteiger partial charge in [0, 0.05) is 32.4 Å². The highest BCUT2D eigenvalue weighted by Crippen LogP contribution is 2.39. The quantitative estimate of drug-likeness (QED) is 0.684. The zero-order valence-electron chi connectivity index (χ0n) is 13.8. The lowest BCUT2D eigenvalue weighted by molar-refractivity contribution is 0.246. The molecule has 2 aliphatic rings. The van der Waals surface area contributed by atoms with Crippen molar-refractivity contribution in [2.24, 2.45) is 4.99 Å². The monoisotopic (exact) mass is 329 g/mol. The molecule has 1 unspecified atom stereocenters. The highest BCUT2D eigenvalue weighted by atomic mass is 19.1. The van der Waals surface area contributed by atoms with Crippen LogP contribution < -0.4 is 15.1 Å².